The Morgan fingerprint density at radius 2 is 2.40 bits per heavy atom. The third kappa shape index (κ3) is 2.94. The lowest BCUT2D eigenvalue weighted by Gasteiger charge is -2.08. The second kappa shape index (κ2) is 4.97. The van der Waals surface area contributed by atoms with E-state index in [2.05, 4.69) is 17.2 Å². The molecule has 1 atom stereocenters. The van der Waals surface area contributed by atoms with Crippen LogP contribution in [0.1, 0.15) is 38.3 Å². The first kappa shape index (κ1) is 10.9. The van der Waals surface area contributed by atoms with Crippen LogP contribution in [0.2, 0.25) is 0 Å². The van der Waals surface area contributed by atoms with Crippen molar-refractivity contribution in [3.8, 4) is 0 Å². The first-order valence-corrected chi connectivity index (χ1v) is 6.26. The SMILES string of the molecule is CCCn1nncc1CCC(Cl)C1CC1. The molecule has 1 aliphatic carbocycles. The highest BCUT2D eigenvalue weighted by atomic mass is 35.5. The van der Waals surface area contributed by atoms with Crippen molar-refractivity contribution in [2.24, 2.45) is 5.92 Å². The summed E-state index contributed by atoms with van der Waals surface area (Å²) >= 11 is 6.27. The lowest BCUT2D eigenvalue weighted by atomic mass is 10.1. The van der Waals surface area contributed by atoms with Gasteiger partial charge in [0, 0.05) is 11.9 Å². The Morgan fingerprint density at radius 3 is 3.07 bits per heavy atom. The fourth-order valence-electron chi connectivity index (χ4n) is 1.85. The Morgan fingerprint density at radius 1 is 1.60 bits per heavy atom. The summed E-state index contributed by atoms with van der Waals surface area (Å²) in [5.41, 5.74) is 1.23. The van der Waals surface area contributed by atoms with E-state index in [1.807, 2.05) is 10.9 Å². The molecule has 1 saturated carbocycles. The first-order valence-electron chi connectivity index (χ1n) is 5.82. The molecule has 15 heavy (non-hydrogen) atoms. The van der Waals surface area contributed by atoms with E-state index < -0.39 is 0 Å². The van der Waals surface area contributed by atoms with E-state index in [0.29, 0.717) is 5.38 Å². The topological polar surface area (TPSA) is 30.7 Å². The lowest BCUT2D eigenvalue weighted by Crippen LogP contribution is -2.08. The number of hydrogen-bond donors (Lipinski definition) is 0. The zero-order valence-electron chi connectivity index (χ0n) is 9.19. The van der Waals surface area contributed by atoms with E-state index in [1.165, 1.54) is 18.5 Å². The van der Waals surface area contributed by atoms with E-state index in [-0.39, 0.29) is 0 Å². The van der Waals surface area contributed by atoms with Crippen molar-refractivity contribution in [2.75, 3.05) is 0 Å². The van der Waals surface area contributed by atoms with Crippen molar-refractivity contribution in [1.82, 2.24) is 15.0 Å². The van der Waals surface area contributed by atoms with Crippen LogP contribution in [0.4, 0.5) is 0 Å². The van der Waals surface area contributed by atoms with Crippen molar-refractivity contribution in [2.45, 2.75) is 50.9 Å². The van der Waals surface area contributed by atoms with Crippen molar-refractivity contribution in [3.05, 3.63) is 11.9 Å². The summed E-state index contributed by atoms with van der Waals surface area (Å²) in [5.74, 6) is 0.780. The molecule has 0 radical (unpaired) electrons. The number of hydrogen-bond acceptors (Lipinski definition) is 2. The minimum atomic E-state index is 0.356. The molecule has 1 aliphatic rings. The Kier molecular flexibility index (Phi) is 3.62. The molecular weight excluding hydrogens is 210 g/mol. The predicted octanol–water partition coefficient (Wildman–Crippen LogP) is 2.64. The molecular formula is C11H18ClN3. The van der Waals surface area contributed by atoms with Gasteiger partial charge in [-0.2, -0.15) is 0 Å². The molecule has 84 valence electrons. The number of nitrogens with zero attached hydrogens (tertiary/aromatic N) is 3. The van der Waals surface area contributed by atoms with Crippen molar-refractivity contribution < 1.29 is 0 Å². The number of alkyl halides is 1. The van der Waals surface area contributed by atoms with E-state index in [0.717, 1.165) is 31.7 Å². The molecule has 0 N–H and O–H groups in total. The predicted molar refractivity (Wildman–Crippen MR) is 61.0 cm³/mol. The van der Waals surface area contributed by atoms with Gasteiger partial charge in [0.2, 0.25) is 0 Å². The summed E-state index contributed by atoms with van der Waals surface area (Å²) in [6, 6.07) is 0. The molecule has 1 aromatic heterocycles. The Balaban J connectivity index is 1.83. The fraction of sp³-hybridized carbons (Fsp3) is 0.818. The largest absolute Gasteiger partial charge is 0.249 e. The maximum Gasteiger partial charge on any atom is 0.0725 e. The van der Waals surface area contributed by atoms with Crippen LogP contribution in [0, 0.1) is 5.92 Å². The molecule has 3 nitrogen and oxygen atoms in total. The van der Waals surface area contributed by atoms with Gasteiger partial charge in [-0.05, 0) is 38.0 Å². The van der Waals surface area contributed by atoms with Crippen LogP contribution in [-0.2, 0) is 13.0 Å². The highest BCUT2D eigenvalue weighted by molar-refractivity contribution is 6.20. The van der Waals surface area contributed by atoms with Crippen LogP contribution in [0.15, 0.2) is 6.20 Å². The van der Waals surface area contributed by atoms with Gasteiger partial charge < -0.3 is 0 Å². The summed E-state index contributed by atoms with van der Waals surface area (Å²) in [6.07, 6.45) is 7.68. The molecule has 1 unspecified atom stereocenters. The smallest absolute Gasteiger partial charge is 0.0725 e. The Labute approximate surface area is 95.8 Å². The Bertz CT molecular complexity index is 307. The summed E-state index contributed by atoms with van der Waals surface area (Å²) in [5, 5.41) is 8.37. The van der Waals surface area contributed by atoms with Crippen LogP contribution in [0.3, 0.4) is 0 Å². The summed E-state index contributed by atoms with van der Waals surface area (Å²) < 4.78 is 2.00. The zero-order chi connectivity index (χ0) is 10.7. The average molecular weight is 228 g/mol. The van der Waals surface area contributed by atoms with Gasteiger partial charge in [0.05, 0.1) is 11.9 Å². The monoisotopic (exact) mass is 227 g/mol. The van der Waals surface area contributed by atoms with E-state index in [4.69, 9.17) is 11.6 Å². The molecule has 0 bridgehead atoms. The van der Waals surface area contributed by atoms with Crippen LogP contribution in [0.5, 0.6) is 0 Å². The van der Waals surface area contributed by atoms with Crippen LogP contribution in [-0.4, -0.2) is 20.4 Å². The second-order valence-corrected chi connectivity index (χ2v) is 4.90. The van der Waals surface area contributed by atoms with E-state index >= 15 is 0 Å². The number of aryl methyl sites for hydroxylation is 2. The van der Waals surface area contributed by atoms with Gasteiger partial charge in [0.1, 0.15) is 0 Å². The molecule has 0 aromatic carbocycles. The van der Waals surface area contributed by atoms with Crippen LogP contribution < -0.4 is 0 Å². The zero-order valence-corrected chi connectivity index (χ0v) is 9.95. The van der Waals surface area contributed by atoms with Crippen molar-refractivity contribution in [1.29, 1.82) is 0 Å². The van der Waals surface area contributed by atoms with Gasteiger partial charge in [0.15, 0.2) is 0 Å². The molecule has 0 saturated heterocycles. The van der Waals surface area contributed by atoms with Crippen LogP contribution in [0.25, 0.3) is 0 Å². The number of aromatic nitrogens is 3. The number of halogens is 1. The molecule has 1 heterocycles. The van der Waals surface area contributed by atoms with Crippen molar-refractivity contribution >= 4 is 11.6 Å². The highest BCUT2D eigenvalue weighted by Gasteiger charge is 2.29. The molecule has 1 aromatic rings. The van der Waals surface area contributed by atoms with E-state index in [1.54, 1.807) is 0 Å². The Hall–Kier alpha value is -0.570. The molecule has 0 aliphatic heterocycles. The summed E-state index contributed by atoms with van der Waals surface area (Å²) in [6.45, 7) is 3.12. The quantitative estimate of drug-likeness (QED) is 0.700. The second-order valence-electron chi connectivity index (χ2n) is 4.34. The highest BCUT2D eigenvalue weighted by Crippen LogP contribution is 2.37. The van der Waals surface area contributed by atoms with Gasteiger partial charge in [-0.25, -0.2) is 4.68 Å². The van der Waals surface area contributed by atoms with Gasteiger partial charge in [-0.15, -0.1) is 16.7 Å². The van der Waals surface area contributed by atoms with E-state index in [9.17, 15) is 0 Å². The molecule has 1 fully saturated rings. The fourth-order valence-corrected chi connectivity index (χ4v) is 2.21. The molecule has 4 heteroatoms. The van der Waals surface area contributed by atoms with Gasteiger partial charge in [0.25, 0.3) is 0 Å². The minimum absolute atomic E-state index is 0.356. The molecule has 2 rings (SSSR count). The summed E-state index contributed by atoms with van der Waals surface area (Å²) in [4.78, 5) is 0. The molecule has 0 spiro atoms. The summed E-state index contributed by atoms with van der Waals surface area (Å²) in [7, 11) is 0. The first-order chi connectivity index (χ1) is 7.31. The maximum atomic E-state index is 6.27. The maximum absolute atomic E-state index is 6.27. The normalized spacial score (nSPS) is 18.0. The average Bonchev–Trinajstić information content (AvgIpc) is 2.99. The third-order valence-corrected chi connectivity index (χ3v) is 3.52. The van der Waals surface area contributed by atoms with Crippen molar-refractivity contribution in [3.63, 3.8) is 0 Å². The van der Waals surface area contributed by atoms with Gasteiger partial charge in [-0.3, -0.25) is 0 Å². The standard InChI is InChI=1S/C11H18ClN3/c1-2-7-15-10(8-13-14-15)5-6-11(12)9-3-4-9/h8-9,11H,2-7H2,1H3. The third-order valence-electron chi connectivity index (χ3n) is 2.94. The minimum Gasteiger partial charge on any atom is -0.249 e. The van der Waals surface area contributed by atoms with Crippen LogP contribution >= 0.6 is 11.6 Å². The molecule has 0 amide bonds. The lowest BCUT2D eigenvalue weighted by molar-refractivity contribution is 0.543. The number of rotatable bonds is 6. The van der Waals surface area contributed by atoms with Gasteiger partial charge in [-0.1, -0.05) is 12.1 Å². The van der Waals surface area contributed by atoms with Gasteiger partial charge >= 0.3 is 0 Å².